The minimum atomic E-state index is 0.802. The smallest absolute Gasteiger partial charge is 0.208 e. The Balaban J connectivity index is 1.93. The maximum Gasteiger partial charge on any atom is 0.208 e. The fourth-order valence-electron chi connectivity index (χ4n) is 1.07. The zero-order valence-corrected chi connectivity index (χ0v) is 10.5. The highest BCUT2D eigenvalue weighted by atomic mass is 35.5. The number of thioether (sulfide) groups is 1. The van der Waals surface area contributed by atoms with E-state index in [1.54, 1.807) is 23.1 Å². The van der Waals surface area contributed by atoms with Crippen LogP contribution in [0.5, 0.6) is 0 Å². The van der Waals surface area contributed by atoms with Crippen molar-refractivity contribution in [2.24, 2.45) is 0 Å². The van der Waals surface area contributed by atoms with Crippen molar-refractivity contribution in [1.29, 1.82) is 0 Å². The first-order valence-electron chi connectivity index (χ1n) is 4.56. The van der Waals surface area contributed by atoms with Crippen LogP contribution in [0, 0.1) is 0 Å². The quantitative estimate of drug-likeness (QED) is 0.856. The third kappa shape index (κ3) is 2.96. The van der Waals surface area contributed by atoms with Crippen LogP contribution in [0.15, 0.2) is 17.3 Å². The first-order valence-corrected chi connectivity index (χ1v) is 6.74. The molecule has 0 atom stereocenters. The monoisotopic (exact) mass is 259 g/mol. The molecule has 0 bridgehead atoms. The molecule has 0 aliphatic heterocycles. The molecule has 0 amide bonds. The van der Waals surface area contributed by atoms with Gasteiger partial charge in [0, 0.05) is 17.1 Å². The molecule has 0 aromatic carbocycles. The molecule has 3 nitrogen and oxygen atoms in total. The Morgan fingerprint density at radius 3 is 3.00 bits per heavy atom. The van der Waals surface area contributed by atoms with Crippen molar-refractivity contribution in [2.75, 3.05) is 0 Å². The van der Waals surface area contributed by atoms with Gasteiger partial charge >= 0.3 is 0 Å². The molecule has 0 radical (unpaired) electrons. The lowest BCUT2D eigenvalue weighted by Gasteiger charge is -1.91. The van der Waals surface area contributed by atoms with Gasteiger partial charge in [-0.3, -0.25) is 5.10 Å². The van der Waals surface area contributed by atoms with Crippen LogP contribution in [0.2, 0.25) is 4.34 Å². The molecule has 0 aliphatic carbocycles. The van der Waals surface area contributed by atoms with E-state index >= 15 is 0 Å². The van der Waals surface area contributed by atoms with E-state index in [-0.39, 0.29) is 0 Å². The summed E-state index contributed by atoms with van der Waals surface area (Å²) >= 11 is 9.06. The summed E-state index contributed by atoms with van der Waals surface area (Å²) in [6.45, 7) is 2.05. The predicted molar refractivity (Wildman–Crippen MR) is 64.7 cm³/mol. The molecule has 0 unspecified atom stereocenters. The van der Waals surface area contributed by atoms with Gasteiger partial charge in [-0.1, -0.05) is 30.3 Å². The van der Waals surface area contributed by atoms with E-state index in [2.05, 4.69) is 15.2 Å². The van der Waals surface area contributed by atoms with Gasteiger partial charge in [-0.2, -0.15) is 0 Å². The SMILES string of the molecule is CCc1nc(SCc2ccc(Cl)s2)n[nH]1. The van der Waals surface area contributed by atoms with Crippen LogP contribution >= 0.6 is 34.7 Å². The molecule has 1 N–H and O–H groups in total. The van der Waals surface area contributed by atoms with E-state index in [4.69, 9.17) is 11.6 Å². The van der Waals surface area contributed by atoms with Gasteiger partial charge in [0.1, 0.15) is 5.82 Å². The van der Waals surface area contributed by atoms with Crippen molar-refractivity contribution in [3.05, 3.63) is 27.2 Å². The highest BCUT2D eigenvalue weighted by molar-refractivity contribution is 7.98. The molecule has 2 rings (SSSR count). The summed E-state index contributed by atoms with van der Waals surface area (Å²) in [6, 6.07) is 3.95. The Bertz CT molecular complexity index is 438. The summed E-state index contributed by atoms with van der Waals surface area (Å²) in [5.41, 5.74) is 0. The van der Waals surface area contributed by atoms with Crippen LogP contribution in [0.3, 0.4) is 0 Å². The summed E-state index contributed by atoms with van der Waals surface area (Å²) in [5.74, 6) is 1.81. The Hall–Kier alpha value is -0.520. The molecular formula is C9H10ClN3S2. The number of halogens is 1. The van der Waals surface area contributed by atoms with E-state index in [0.29, 0.717) is 0 Å². The fraction of sp³-hybridized carbons (Fsp3) is 0.333. The lowest BCUT2D eigenvalue weighted by molar-refractivity contribution is 0.941. The topological polar surface area (TPSA) is 41.6 Å². The number of nitrogens with one attached hydrogen (secondary N) is 1. The second-order valence-electron chi connectivity index (χ2n) is 2.91. The molecule has 0 spiro atoms. The van der Waals surface area contributed by atoms with Gasteiger partial charge < -0.3 is 0 Å². The zero-order valence-electron chi connectivity index (χ0n) is 8.16. The van der Waals surface area contributed by atoms with Crippen molar-refractivity contribution in [3.63, 3.8) is 0 Å². The van der Waals surface area contributed by atoms with Crippen LogP contribution in [0.25, 0.3) is 0 Å². The van der Waals surface area contributed by atoms with Crippen molar-refractivity contribution in [3.8, 4) is 0 Å². The van der Waals surface area contributed by atoms with E-state index in [0.717, 1.165) is 27.5 Å². The molecule has 2 heterocycles. The molecule has 80 valence electrons. The van der Waals surface area contributed by atoms with Gasteiger partial charge in [-0.15, -0.1) is 16.4 Å². The third-order valence-corrected chi connectivity index (χ3v) is 4.13. The van der Waals surface area contributed by atoms with E-state index in [1.165, 1.54) is 4.88 Å². The number of hydrogen-bond acceptors (Lipinski definition) is 4. The maximum atomic E-state index is 5.84. The largest absolute Gasteiger partial charge is 0.262 e. The second kappa shape index (κ2) is 5.01. The highest BCUT2D eigenvalue weighted by Crippen LogP contribution is 2.27. The van der Waals surface area contributed by atoms with Gasteiger partial charge in [0.15, 0.2) is 0 Å². The number of thiophene rings is 1. The normalized spacial score (nSPS) is 10.8. The lowest BCUT2D eigenvalue weighted by atomic mass is 10.5. The average molecular weight is 260 g/mol. The summed E-state index contributed by atoms with van der Waals surface area (Å²) < 4.78 is 0.829. The average Bonchev–Trinajstić information content (AvgIpc) is 2.83. The van der Waals surface area contributed by atoms with Crippen LogP contribution in [0.4, 0.5) is 0 Å². The summed E-state index contributed by atoms with van der Waals surface area (Å²) in [7, 11) is 0. The minimum absolute atomic E-state index is 0.802. The lowest BCUT2D eigenvalue weighted by Crippen LogP contribution is -1.81. The number of aryl methyl sites for hydroxylation is 1. The fourth-order valence-corrected chi connectivity index (χ4v) is 3.01. The molecule has 15 heavy (non-hydrogen) atoms. The van der Waals surface area contributed by atoms with Crippen LogP contribution < -0.4 is 0 Å². The van der Waals surface area contributed by atoms with E-state index in [9.17, 15) is 0 Å². The molecule has 2 aromatic heterocycles. The Kier molecular flexibility index (Phi) is 3.66. The van der Waals surface area contributed by atoms with Crippen LogP contribution in [-0.2, 0) is 12.2 Å². The Morgan fingerprint density at radius 2 is 2.40 bits per heavy atom. The number of aromatic nitrogens is 3. The van der Waals surface area contributed by atoms with E-state index in [1.807, 2.05) is 19.1 Å². The van der Waals surface area contributed by atoms with Crippen molar-refractivity contribution < 1.29 is 0 Å². The van der Waals surface area contributed by atoms with Gasteiger partial charge in [-0.05, 0) is 12.1 Å². The summed E-state index contributed by atoms with van der Waals surface area (Å²) in [4.78, 5) is 5.56. The molecule has 0 saturated carbocycles. The number of H-pyrrole nitrogens is 1. The number of aromatic amines is 1. The number of hydrogen-bond donors (Lipinski definition) is 1. The van der Waals surface area contributed by atoms with Crippen LogP contribution in [0.1, 0.15) is 17.6 Å². The molecule has 0 saturated heterocycles. The number of nitrogens with zero attached hydrogens (tertiary/aromatic N) is 2. The molecule has 2 aromatic rings. The van der Waals surface area contributed by atoms with Crippen molar-refractivity contribution in [1.82, 2.24) is 15.2 Å². The maximum absolute atomic E-state index is 5.84. The van der Waals surface area contributed by atoms with Gasteiger partial charge in [0.25, 0.3) is 0 Å². The molecular weight excluding hydrogens is 250 g/mol. The Labute approximate surface area is 101 Å². The highest BCUT2D eigenvalue weighted by Gasteiger charge is 2.04. The molecule has 0 aliphatic rings. The van der Waals surface area contributed by atoms with E-state index < -0.39 is 0 Å². The Morgan fingerprint density at radius 1 is 1.53 bits per heavy atom. The third-order valence-electron chi connectivity index (χ3n) is 1.82. The van der Waals surface area contributed by atoms with Gasteiger partial charge in [0.05, 0.1) is 4.34 Å². The van der Waals surface area contributed by atoms with Crippen LogP contribution in [-0.4, -0.2) is 15.2 Å². The van der Waals surface area contributed by atoms with Crippen molar-refractivity contribution >= 4 is 34.7 Å². The minimum Gasteiger partial charge on any atom is -0.262 e. The summed E-state index contributed by atoms with van der Waals surface area (Å²) in [6.07, 6.45) is 0.887. The zero-order chi connectivity index (χ0) is 10.7. The predicted octanol–water partition coefficient (Wildman–Crippen LogP) is 3.37. The molecule has 6 heteroatoms. The number of rotatable bonds is 4. The molecule has 0 fully saturated rings. The first-order chi connectivity index (χ1) is 7.28. The van der Waals surface area contributed by atoms with Gasteiger partial charge in [0.2, 0.25) is 5.16 Å². The first kappa shape index (κ1) is 11.0. The van der Waals surface area contributed by atoms with Crippen molar-refractivity contribution in [2.45, 2.75) is 24.3 Å². The summed E-state index contributed by atoms with van der Waals surface area (Å²) in [5, 5.41) is 7.80. The second-order valence-corrected chi connectivity index (χ2v) is 5.65. The standard InChI is InChI=1S/C9H10ClN3S2/c1-2-8-11-9(13-12-8)14-5-6-3-4-7(10)15-6/h3-4H,2,5H2,1H3,(H,11,12,13). The van der Waals surface area contributed by atoms with Gasteiger partial charge in [-0.25, -0.2) is 4.98 Å².